The van der Waals surface area contributed by atoms with Gasteiger partial charge in [-0.3, -0.25) is 4.57 Å². The summed E-state index contributed by atoms with van der Waals surface area (Å²) in [5.41, 5.74) is 16.8. The van der Waals surface area contributed by atoms with Crippen molar-refractivity contribution in [1.82, 2.24) is 9.55 Å². The second-order valence-corrected chi connectivity index (χ2v) is 22.5. The summed E-state index contributed by atoms with van der Waals surface area (Å²) in [6, 6.07) is 90.1. The number of pyridine rings is 1. The number of nitrogens with zero attached hydrogens (tertiary/aromatic N) is 4. The predicted molar refractivity (Wildman–Crippen MR) is 315 cm³/mol. The van der Waals surface area contributed by atoms with E-state index < -0.39 is 5.41 Å². The lowest BCUT2D eigenvalue weighted by molar-refractivity contribution is 0.588. The normalized spacial score (nSPS) is 13.2. The number of aromatic nitrogens is 2. The molecule has 75 heavy (non-hydrogen) atoms. The van der Waals surface area contributed by atoms with Crippen molar-refractivity contribution in [2.24, 2.45) is 0 Å². The average molecular weight is 973 g/mol. The van der Waals surface area contributed by atoms with Crippen LogP contribution in [0.25, 0.3) is 27.6 Å². The van der Waals surface area contributed by atoms with E-state index >= 15 is 0 Å². The van der Waals surface area contributed by atoms with Crippen molar-refractivity contribution in [3.63, 3.8) is 0 Å². The van der Waals surface area contributed by atoms with Crippen molar-refractivity contribution in [3.8, 4) is 5.82 Å². The lowest BCUT2D eigenvalue weighted by atomic mass is 9.65. The molecule has 0 unspecified atom stereocenters. The minimum Gasteiger partial charge on any atom is -0.321 e. The van der Waals surface area contributed by atoms with Gasteiger partial charge in [-0.15, -0.1) is 0 Å². The van der Waals surface area contributed by atoms with Crippen molar-refractivity contribution in [2.45, 2.75) is 70.1 Å². The van der Waals surface area contributed by atoms with Crippen LogP contribution >= 0.6 is 0 Å². The van der Waals surface area contributed by atoms with Crippen molar-refractivity contribution in [3.05, 3.63) is 299 Å². The zero-order valence-electron chi connectivity index (χ0n) is 44.2. The Kier molecular flexibility index (Phi) is 11.7. The van der Waals surface area contributed by atoms with Crippen LogP contribution in [0.2, 0.25) is 0 Å². The van der Waals surface area contributed by atoms with Crippen molar-refractivity contribution < 1.29 is 0 Å². The second kappa shape index (κ2) is 18.5. The first-order valence-electron chi connectivity index (χ1n) is 26.5. The molecule has 12 rings (SSSR count). The Morgan fingerprint density at radius 1 is 0.333 bits per heavy atom. The first kappa shape index (κ1) is 47.5. The van der Waals surface area contributed by atoms with Crippen LogP contribution in [0.4, 0.5) is 22.7 Å². The third-order valence-electron chi connectivity index (χ3n) is 16.4. The molecule has 0 saturated carbocycles. The number of fused-ring (bicyclic) bond motifs is 4. The van der Waals surface area contributed by atoms with Crippen molar-refractivity contribution in [2.75, 3.05) is 16.5 Å². The number of hydrogen-bond donors (Lipinski definition) is 0. The molecule has 2 aromatic heterocycles. The van der Waals surface area contributed by atoms with Crippen LogP contribution < -0.4 is 9.80 Å². The second-order valence-electron chi connectivity index (χ2n) is 22.5. The summed E-state index contributed by atoms with van der Waals surface area (Å²) >= 11 is 0. The van der Waals surface area contributed by atoms with Gasteiger partial charge in [-0.25, -0.2) is 4.98 Å². The molecule has 3 heterocycles. The number of rotatable bonds is 11. The number of para-hydroxylation sites is 3. The molecule has 9 aromatic carbocycles. The maximum atomic E-state index is 5.08. The van der Waals surface area contributed by atoms with E-state index in [4.69, 9.17) is 4.98 Å². The third-order valence-corrected chi connectivity index (χ3v) is 16.4. The van der Waals surface area contributed by atoms with Gasteiger partial charge in [-0.2, -0.15) is 0 Å². The van der Waals surface area contributed by atoms with E-state index in [1.165, 1.54) is 77.9 Å². The summed E-state index contributed by atoms with van der Waals surface area (Å²) in [4.78, 5) is 10.1. The van der Waals surface area contributed by atoms with E-state index in [0.29, 0.717) is 6.67 Å². The average Bonchev–Trinajstić information content (AvgIpc) is 4.05. The number of benzene rings is 9. The van der Waals surface area contributed by atoms with Gasteiger partial charge in [-0.1, -0.05) is 230 Å². The standard InChI is InChI=1S/C71H64N4/c1-68(2,3)54-41-42-72-67(48-54)75-63-36-21-20-35-61(63)62-40-39-56(47-66(62)75)71(52-29-16-10-17-30-52,53-31-18-11-19-32-53)55-33-24-34-59(44-55)73-49-74(65-38-23-22-37-64(65)73)60-45-57(69(4,5)50-25-12-8-13-26-50)43-58(46-60)70(6,7)51-27-14-9-15-28-51/h8-48H,49H2,1-7H3. The highest BCUT2D eigenvalue weighted by atomic mass is 15.4. The van der Waals surface area contributed by atoms with E-state index in [9.17, 15) is 0 Å². The SMILES string of the molecule is CC(C)(C)c1ccnc(-n2c3ccccc3c3ccc(C(c4ccccc4)(c4ccccc4)c4cccc(N5CN(c6cc(C(C)(C)c7ccccc7)cc(C(C)(C)c7ccccc7)c6)c6ccccc65)c4)cc32)c1. The quantitative estimate of drug-likeness (QED) is 0.121. The summed E-state index contributed by atoms with van der Waals surface area (Å²) in [6.45, 7) is 16.9. The van der Waals surface area contributed by atoms with Crippen LogP contribution in [0.15, 0.2) is 249 Å². The fourth-order valence-corrected chi connectivity index (χ4v) is 11.9. The Hall–Kier alpha value is -8.47. The van der Waals surface area contributed by atoms with E-state index in [1.54, 1.807) is 0 Å². The number of hydrogen-bond acceptors (Lipinski definition) is 3. The molecule has 4 nitrogen and oxygen atoms in total. The van der Waals surface area contributed by atoms with Gasteiger partial charge in [0.2, 0.25) is 0 Å². The smallest absolute Gasteiger partial charge is 0.137 e. The molecule has 4 heteroatoms. The van der Waals surface area contributed by atoms with E-state index in [-0.39, 0.29) is 16.2 Å². The third kappa shape index (κ3) is 8.12. The molecule has 11 aromatic rings. The van der Waals surface area contributed by atoms with Crippen LogP contribution in [0.3, 0.4) is 0 Å². The van der Waals surface area contributed by atoms with Crippen LogP contribution in [0.5, 0.6) is 0 Å². The summed E-state index contributed by atoms with van der Waals surface area (Å²) in [6.07, 6.45) is 1.97. The van der Waals surface area contributed by atoms with Crippen molar-refractivity contribution >= 4 is 44.6 Å². The highest BCUT2D eigenvalue weighted by molar-refractivity contribution is 6.09. The maximum absolute atomic E-state index is 5.08. The van der Waals surface area contributed by atoms with Gasteiger partial charge in [0.25, 0.3) is 0 Å². The first-order chi connectivity index (χ1) is 36.3. The lowest BCUT2D eigenvalue weighted by Gasteiger charge is -2.37. The largest absolute Gasteiger partial charge is 0.321 e. The van der Waals surface area contributed by atoms with Crippen LogP contribution in [-0.2, 0) is 21.7 Å². The van der Waals surface area contributed by atoms with Gasteiger partial charge in [0.15, 0.2) is 0 Å². The van der Waals surface area contributed by atoms with Crippen molar-refractivity contribution in [1.29, 1.82) is 0 Å². The molecule has 1 aliphatic heterocycles. The monoisotopic (exact) mass is 973 g/mol. The fourth-order valence-electron chi connectivity index (χ4n) is 11.9. The molecule has 0 amide bonds. The summed E-state index contributed by atoms with van der Waals surface area (Å²) < 4.78 is 2.37. The van der Waals surface area contributed by atoms with E-state index in [1.807, 2.05) is 6.20 Å². The Labute approximate surface area is 443 Å². The van der Waals surface area contributed by atoms with Gasteiger partial charge >= 0.3 is 0 Å². The Bertz CT molecular complexity index is 3740. The molecule has 0 radical (unpaired) electrons. The predicted octanol–water partition coefficient (Wildman–Crippen LogP) is 17.8. The lowest BCUT2D eigenvalue weighted by Crippen LogP contribution is -2.31. The molecule has 0 N–H and O–H groups in total. The highest BCUT2D eigenvalue weighted by Gasteiger charge is 2.40. The molecule has 0 aliphatic carbocycles. The van der Waals surface area contributed by atoms with E-state index in [2.05, 4.69) is 305 Å². The minimum atomic E-state index is -0.719. The van der Waals surface area contributed by atoms with Crippen LogP contribution in [0.1, 0.15) is 98.5 Å². The molecule has 0 saturated heterocycles. The van der Waals surface area contributed by atoms with E-state index in [0.717, 1.165) is 22.5 Å². The van der Waals surface area contributed by atoms with Gasteiger partial charge in [0.05, 0.1) is 27.8 Å². The fraction of sp³-hybridized carbons (Fsp3) is 0.169. The highest BCUT2D eigenvalue weighted by Crippen LogP contribution is 2.51. The molecule has 0 fully saturated rings. The first-order valence-corrected chi connectivity index (χ1v) is 26.5. The van der Waals surface area contributed by atoms with Gasteiger partial charge < -0.3 is 9.80 Å². The molecular weight excluding hydrogens is 909 g/mol. The molecule has 368 valence electrons. The van der Waals surface area contributed by atoms with Crippen LogP contribution in [0, 0.1) is 0 Å². The number of anilines is 4. The topological polar surface area (TPSA) is 24.3 Å². The molecule has 0 bridgehead atoms. The van der Waals surface area contributed by atoms with Crippen LogP contribution in [-0.4, -0.2) is 16.2 Å². The molecule has 0 spiro atoms. The minimum absolute atomic E-state index is 0.0408. The summed E-state index contributed by atoms with van der Waals surface area (Å²) in [5, 5.41) is 2.40. The zero-order valence-corrected chi connectivity index (χ0v) is 44.2. The summed E-state index contributed by atoms with van der Waals surface area (Å²) in [7, 11) is 0. The van der Waals surface area contributed by atoms with Gasteiger partial charge in [0, 0.05) is 39.2 Å². The summed E-state index contributed by atoms with van der Waals surface area (Å²) in [5.74, 6) is 0.917. The Balaban J connectivity index is 1.04. The molecule has 1 aliphatic rings. The molecule has 0 atom stereocenters. The maximum Gasteiger partial charge on any atom is 0.137 e. The molecular formula is C71H64N4. The van der Waals surface area contributed by atoms with Gasteiger partial charge in [-0.05, 0) is 116 Å². The Morgan fingerprint density at radius 2 is 0.800 bits per heavy atom. The van der Waals surface area contributed by atoms with Gasteiger partial charge in [0.1, 0.15) is 12.5 Å². The zero-order chi connectivity index (χ0) is 51.5. The Morgan fingerprint density at radius 3 is 1.37 bits per heavy atom.